The molecule has 0 amide bonds. The molecule has 0 bridgehead atoms. The van der Waals surface area contributed by atoms with E-state index < -0.39 is 6.10 Å². The molecule has 4 heteroatoms. The molecule has 0 aliphatic heterocycles. The van der Waals surface area contributed by atoms with Gasteiger partial charge in [-0.15, -0.1) is 11.3 Å². The number of rotatable bonds is 7. The number of thiophene rings is 1. The van der Waals surface area contributed by atoms with Crippen LogP contribution in [0.3, 0.4) is 0 Å². The molecular weight excluding hydrogens is 304 g/mol. The Labute approximate surface area is 140 Å². The average Bonchev–Trinajstić information content (AvgIpc) is 3.11. The first-order valence-corrected chi connectivity index (χ1v) is 8.57. The molecule has 0 fully saturated rings. The zero-order valence-corrected chi connectivity index (χ0v) is 13.7. The Kier molecular flexibility index (Phi) is 5.53. The number of hydrogen-bond acceptors (Lipinski definition) is 4. The first-order chi connectivity index (χ1) is 11.3. The highest BCUT2D eigenvalue weighted by atomic mass is 32.1. The van der Waals surface area contributed by atoms with Crippen molar-refractivity contribution >= 4 is 11.3 Å². The molecule has 3 aromatic rings. The molecule has 23 heavy (non-hydrogen) atoms. The van der Waals surface area contributed by atoms with Crippen LogP contribution in [0, 0.1) is 0 Å². The fourth-order valence-corrected chi connectivity index (χ4v) is 3.27. The van der Waals surface area contributed by atoms with Crippen molar-refractivity contribution in [2.45, 2.75) is 19.2 Å². The minimum absolute atomic E-state index is 0.470. The van der Waals surface area contributed by atoms with Gasteiger partial charge in [0.2, 0.25) is 0 Å². The van der Waals surface area contributed by atoms with Crippen LogP contribution in [0.25, 0.3) is 0 Å². The summed E-state index contributed by atoms with van der Waals surface area (Å²) in [5.74, 6) is 0. The van der Waals surface area contributed by atoms with E-state index in [0.717, 1.165) is 23.7 Å². The predicted molar refractivity (Wildman–Crippen MR) is 94.1 cm³/mol. The maximum Gasteiger partial charge on any atom is 0.101 e. The van der Waals surface area contributed by atoms with Crippen LogP contribution < -0.4 is 0 Å². The van der Waals surface area contributed by atoms with Gasteiger partial charge in [-0.1, -0.05) is 42.5 Å². The van der Waals surface area contributed by atoms with Gasteiger partial charge in [-0.05, 0) is 29.1 Å². The van der Waals surface area contributed by atoms with Crippen LogP contribution in [0.15, 0.2) is 72.2 Å². The number of pyridine rings is 1. The number of aliphatic hydroxyl groups is 1. The monoisotopic (exact) mass is 324 g/mol. The van der Waals surface area contributed by atoms with Gasteiger partial charge >= 0.3 is 0 Å². The van der Waals surface area contributed by atoms with Crippen molar-refractivity contribution in [2.75, 3.05) is 6.54 Å². The summed E-state index contributed by atoms with van der Waals surface area (Å²) in [6.07, 6.45) is 1.34. The molecule has 0 unspecified atom stereocenters. The van der Waals surface area contributed by atoms with Gasteiger partial charge in [-0.3, -0.25) is 9.88 Å². The van der Waals surface area contributed by atoms with Gasteiger partial charge in [0, 0.05) is 30.7 Å². The summed E-state index contributed by atoms with van der Waals surface area (Å²) in [7, 11) is 0. The second kappa shape index (κ2) is 8.02. The van der Waals surface area contributed by atoms with E-state index in [1.54, 1.807) is 11.3 Å². The Morgan fingerprint density at radius 3 is 2.48 bits per heavy atom. The molecule has 0 saturated carbocycles. The van der Waals surface area contributed by atoms with Gasteiger partial charge in [0.15, 0.2) is 0 Å². The van der Waals surface area contributed by atoms with Gasteiger partial charge in [-0.2, -0.15) is 0 Å². The molecule has 2 heterocycles. The summed E-state index contributed by atoms with van der Waals surface area (Å²) in [5, 5.41) is 12.5. The first kappa shape index (κ1) is 15.9. The lowest BCUT2D eigenvalue weighted by atomic mass is 10.2. The van der Waals surface area contributed by atoms with Gasteiger partial charge in [0.05, 0.1) is 5.69 Å². The Morgan fingerprint density at radius 2 is 1.78 bits per heavy atom. The van der Waals surface area contributed by atoms with Gasteiger partial charge in [0.1, 0.15) is 6.10 Å². The van der Waals surface area contributed by atoms with E-state index in [-0.39, 0.29) is 0 Å². The van der Waals surface area contributed by atoms with Crippen LogP contribution >= 0.6 is 11.3 Å². The van der Waals surface area contributed by atoms with Gasteiger partial charge in [0.25, 0.3) is 0 Å². The standard InChI is InChI=1S/C19H20N2OS/c22-18(19-10-6-12-23-19)15-21(13-16-7-2-1-3-8-16)14-17-9-4-5-11-20-17/h1-12,18,22H,13-15H2/t18-/m0/s1. The van der Waals surface area contributed by atoms with Crippen molar-refractivity contribution in [3.63, 3.8) is 0 Å². The largest absolute Gasteiger partial charge is 0.386 e. The third kappa shape index (κ3) is 4.73. The van der Waals surface area contributed by atoms with E-state index in [0.29, 0.717) is 6.54 Å². The summed E-state index contributed by atoms with van der Waals surface area (Å²) >= 11 is 1.59. The molecule has 0 radical (unpaired) electrons. The zero-order chi connectivity index (χ0) is 15.9. The lowest BCUT2D eigenvalue weighted by Gasteiger charge is -2.24. The summed E-state index contributed by atoms with van der Waals surface area (Å²) in [6.45, 7) is 2.10. The molecule has 118 valence electrons. The number of aromatic nitrogens is 1. The van der Waals surface area contributed by atoms with Crippen LogP contribution in [0.2, 0.25) is 0 Å². The van der Waals surface area contributed by atoms with E-state index in [4.69, 9.17) is 0 Å². The molecule has 1 N–H and O–H groups in total. The van der Waals surface area contributed by atoms with E-state index in [1.165, 1.54) is 5.56 Å². The number of benzene rings is 1. The van der Waals surface area contributed by atoms with Crippen LogP contribution in [0.4, 0.5) is 0 Å². The Bertz CT molecular complexity index is 644. The van der Waals surface area contributed by atoms with Crippen molar-refractivity contribution in [3.8, 4) is 0 Å². The maximum absolute atomic E-state index is 10.5. The predicted octanol–water partition coefficient (Wildman–Crippen LogP) is 3.88. The highest BCUT2D eigenvalue weighted by Gasteiger charge is 2.15. The third-order valence-corrected chi connectivity index (χ3v) is 4.64. The lowest BCUT2D eigenvalue weighted by molar-refractivity contribution is 0.107. The molecular formula is C19H20N2OS. The van der Waals surface area contributed by atoms with Crippen molar-refractivity contribution in [2.24, 2.45) is 0 Å². The maximum atomic E-state index is 10.5. The summed E-state index contributed by atoms with van der Waals surface area (Å²) < 4.78 is 0. The molecule has 2 aromatic heterocycles. The number of hydrogen-bond donors (Lipinski definition) is 1. The highest BCUT2D eigenvalue weighted by Crippen LogP contribution is 2.21. The van der Waals surface area contributed by atoms with Crippen LogP contribution in [-0.2, 0) is 13.1 Å². The average molecular weight is 324 g/mol. The van der Waals surface area contributed by atoms with Crippen molar-refractivity contribution < 1.29 is 5.11 Å². The Balaban J connectivity index is 1.72. The summed E-state index contributed by atoms with van der Waals surface area (Å²) in [6, 6.07) is 20.2. The highest BCUT2D eigenvalue weighted by molar-refractivity contribution is 7.10. The molecule has 1 aromatic carbocycles. The minimum atomic E-state index is -0.470. The minimum Gasteiger partial charge on any atom is -0.386 e. The van der Waals surface area contributed by atoms with E-state index in [1.807, 2.05) is 60.1 Å². The summed E-state index contributed by atoms with van der Waals surface area (Å²) in [5.41, 5.74) is 2.25. The van der Waals surface area contributed by atoms with Gasteiger partial charge < -0.3 is 5.11 Å². The molecule has 3 nitrogen and oxygen atoms in total. The fraction of sp³-hybridized carbons (Fsp3) is 0.211. The van der Waals surface area contributed by atoms with Crippen molar-refractivity contribution in [3.05, 3.63) is 88.4 Å². The van der Waals surface area contributed by atoms with E-state index >= 15 is 0 Å². The topological polar surface area (TPSA) is 36.4 Å². The molecule has 0 spiro atoms. The summed E-state index contributed by atoms with van der Waals surface area (Å²) in [4.78, 5) is 7.65. The van der Waals surface area contributed by atoms with Crippen molar-refractivity contribution in [1.29, 1.82) is 0 Å². The molecule has 0 aliphatic carbocycles. The SMILES string of the molecule is O[C@@H](CN(Cc1ccccc1)Cc1ccccn1)c1cccs1. The Hall–Kier alpha value is -2.01. The van der Waals surface area contributed by atoms with Crippen LogP contribution in [0.5, 0.6) is 0 Å². The molecule has 3 rings (SSSR count). The van der Waals surface area contributed by atoms with Gasteiger partial charge in [-0.25, -0.2) is 0 Å². The Morgan fingerprint density at radius 1 is 0.957 bits per heavy atom. The van der Waals surface area contributed by atoms with E-state index in [9.17, 15) is 5.11 Å². The lowest BCUT2D eigenvalue weighted by Crippen LogP contribution is -2.28. The molecule has 0 aliphatic rings. The quantitative estimate of drug-likeness (QED) is 0.716. The zero-order valence-electron chi connectivity index (χ0n) is 12.9. The van der Waals surface area contributed by atoms with Crippen LogP contribution in [-0.4, -0.2) is 21.5 Å². The second-order valence-corrected chi connectivity index (χ2v) is 6.49. The normalized spacial score (nSPS) is 12.4. The molecule has 0 saturated heterocycles. The second-order valence-electron chi connectivity index (χ2n) is 5.51. The van der Waals surface area contributed by atoms with Crippen LogP contribution in [0.1, 0.15) is 22.2 Å². The van der Waals surface area contributed by atoms with Crippen molar-refractivity contribution in [1.82, 2.24) is 9.88 Å². The van der Waals surface area contributed by atoms with E-state index in [2.05, 4.69) is 22.0 Å². The fourth-order valence-electron chi connectivity index (χ4n) is 2.56. The first-order valence-electron chi connectivity index (χ1n) is 7.69. The number of nitrogens with zero attached hydrogens (tertiary/aromatic N) is 2. The smallest absolute Gasteiger partial charge is 0.101 e. The molecule has 1 atom stereocenters. The number of aliphatic hydroxyl groups excluding tert-OH is 1. The third-order valence-electron chi connectivity index (χ3n) is 3.66.